The molecule has 0 aliphatic rings. The monoisotopic (exact) mass is 425 g/mol. The number of aromatic nitrogens is 5. The number of aryl methyl sites for hydroxylation is 2. The van der Waals surface area contributed by atoms with Gasteiger partial charge in [0.25, 0.3) is 0 Å². The van der Waals surface area contributed by atoms with Crippen LogP contribution in [0.5, 0.6) is 0 Å². The van der Waals surface area contributed by atoms with Crippen LogP contribution >= 0.6 is 11.8 Å². The zero-order valence-electron chi connectivity index (χ0n) is 17.5. The van der Waals surface area contributed by atoms with E-state index < -0.39 is 0 Å². The summed E-state index contributed by atoms with van der Waals surface area (Å²) in [5.74, 6) is 0.734. The fraction of sp³-hybridized carbons (Fsp3) is 0.160. The van der Waals surface area contributed by atoms with Gasteiger partial charge in [0.2, 0.25) is 5.78 Å². The van der Waals surface area contributed by atoms with Crippen molar-refractivity contribution in [2.75, 3.05) is 0 Å². The Morgan fingerprint density at radius 2 is 1.74 bits per heavy atom. The first-order valence-electron chi connectivity index (χ1n) is 10.3. The normalized spacial score (nSPS) is 12.3. The number of rotatable bonds is 6. The molecule has 0 aliphatic heterocycles. The van der Waals surface area contributed by atoms with Crippen LogP contribution < -0.4 is 0 Å². The molecular weight excluding hydrogens is 402 g/mol. The molecule has 0 fully saturated rings. The van der Waals surface area contributed by atoms with E-state index in [0.717, 1.165) is 34.4 Å². The van der Waals surface area contributed by atoms with Gasteiger partial charge in [-0.15, -0.1) is 0 Å². The molecule has 0 radical (unpaired) electrons. The second kappa shape index (κ2) is 8.40. The van der Waals surface area contributed by atoms with Gasteiger partial charge in [0.1, 0.15) is 0 Å². The third-order valence-electron chi connectivity index (χ3n) is 5.28. The van der Waals surface area contributed by atoms with E-state index in [-0.39, 0.29) is 5.25 Å². The number of benzene rings is 2. The number of fused-ring (bicyclic) bond motifs is 1. The molecule has 5 rings (SSSR count). The van der Waals surface area contributed by atoms with Crippen molar-refractivity contribution in [2.24, 2.45) is 0 Å². The Labute approximate surface area is 185 Å². The van der Waals surface area contributed by atoms with Crippen molar-refractivity contribution in [2.45, 2.75) is 30.7 Å². The number of H-pyrrole nitrogens is 1. The first-order valence-corrected chi connectivity index (χ1v) is 11.2. The average molecular weight is 426 g/mol. The van der Waals surface area contributed by atoms with Crippen LogP contribution in [0, 0.1) is 13.8 Å². The standard InChI is InChI=1S/C25H23N5S/c1-17-14-18(2)30-16-22(29-24(30)28-17)23(31-25-26-12-13-27-25)21-10-8-20(9-11-21)15-19-6-4-3-5-7-19/h3-14,16,23H,15H2,1-2H3,(H,26,27). The van der Waals surface area contributed by atoms with Gasteiger partial charge >= 0.3 is 0 Å². The molecule has 5 aromatic rings. The molecule has 0 saturated carbocycles. The summed E-state index contributed by atoms with van der Waals surface area (Å²) < 4.78 is 2.06. The number of thioether (sulfide) groups is 1. The quantitative estimate of drug-likeness (QED) is 0.363. The van der Waals surface area contributed by atoms with E-state index in [1.165, 1.54) is 16.7 Å². The highest BCUT2D eigenvalue weighted by molar-refractivity contribution is 7.99. The van der Waals surface area contributed by atoms with Crippen molar-refractivity contribution in [1.82, 2.24) is 24.3 Å². The summed E-state index contributed by atoms with van der Waals surface area (Å²) in [5, 5.41) is 0.884. The summed E-state index contributed by atoms with van der Waals surface area (Å²) in [6.07, 6.45) is 6.64. The molecule has 3 aromatic heterocycles. The molecule has 0 saturated heterocycles. The van der Waals surface area contributed by atoms with E-state index in [9.17, 15) is 0 Å². The van der Waals surface area contributed by atoms with E-state index in [4.69, 9.17) is 4.98 Å². The molecule has 1 N–H and O–H groups in total. The molecule has 5 nitrogen and oxygen atoms in total. The number of nitrogens with zero attached hydrogens (tertiary/aromatic N) is 4. The highest BCUT2D eigenvalue weighted by Gasteiger charge is 2.21. The summed E-state index contributed by atoms with van der Waals surface area (Å²) in [6.45, 7) is 4.09. The van der Waals surface area contributed by atoms with E-state index in [1.807, 2.05) is 13.1 Å². The third kappa shape index (κ3) is 4.25. The minimum absolute atomic E-state index is 0.0123. The number of imidazole rings is 2. The minimum Gasteiger partial charge on any atom is -0.340 e. The van der Waals surface area contributed by atoms with Crippen LogP contribution in [-0.2, 0) is 6.42 Å². The van der Waals surface area contributed by atoms with Crippen molar-refractivity contribution in [3.05, 3.63) is 113 Å². The molecule has 31 heavy (non-hydrogen) atoms. The Morgan fingerprint density at radius 3 is 2.48 bits per heavy atom. The van der Waals surface area contributed by atoms with Crippen molar-refractivity contribution >= 4 is 17.5 Å². The van der Waals surface area contributed by atoms with Gasteiger partial charge in [-0.3, -0.25) is 4.40 Å². The lowest BCUT2D eigenvalue weighted by atomic mass is 10.0. The maximum absolute atomic E-state index is 4.87. The van der Waals surface area contributed by atoms with Crippen LogP contribution in [-0.4, -0.2) is 24.3 Å². The van der Waals surface area contributed by atoms with Gasteiger partial charge in [0.05, 0.1) is 10.9 Å². The maximum atomic E-state index is 4.87. The maximum Gasteiger partial charge on any atom is 0.234 e. The molecular formula is C25H23N5S. The zero-order valence-corrected chi connectivity index (χ0v) is 18.3. The van der Waals surface area contributed by atoms with Gasteiger partial charge in [-0.2, -0.15) is 0 Å². The van der Waals surface area contributed by atoms with Gasteiger partial charge in [-0.1, -0.05) is 66.4 Å². The number of aromatic amines is 1. The first kappa shape index (κ1) is 19.6. The van der Waals surface area contributed by atoms with Crippen molar-refractivity contribution in [1.29, 1.82) is 0 Å². The Morgan fingerprint density at radius 1 is 0.968 bits per heavy atom. The number of hydrogen-bond donors (Lipinski definition) is 1. The fourth-order valence-corrected chi connectivity index (χ4v) is 4.79. The second-order valence-electron chi connectivity index (χ2n) is 7.67. The van der Waals surface area contributed by atoms with Crippen LogP contribution in [0.15, 0.2) is 84.4 Å². The zero-order chi connectivity index (χ0) is 21.2. The van der Waals surface area contributed by atoms with Gasteiger partial charge in [0, 0.05) is 30.0 Å². The van der Waals surface area contributed by atoms with E-state index in [0.29, 0.717) is 0 Å². The highest BCUT2D eigenvalue weighted by Crippen LogP contribution is 2.38. The molecule has 0 aliphatic carbocycles. The lowest BCUT2D eigenvalue weighted by Crippen LogP contribution is -1.99. The Hall–Kier alpha value is -3.38. The molecule has 0 amide bonds. The van der Waals surface area contributed by atoms with Crippen LogP contribution in [0.4, 0.5) is 0 Å². The van der Waals surface area contributed by atoms with Crippen molar-refractivity contribution in [3.63, 3.8) is 0 Å². The first-order chi connectivity index (χ1) is 15.2. The smallest absolute Gasteiger partial charge is 0.234 e. The number of hydrogen-bond acceptors (Lipinski definition) is 4. The van der Waals surface area contributed by atoms with Crippen molar-refractivity contribution < 1.29 is 0 Å². The SMILES string of the molecule is Cc1cc(C)n2cc(C(Sc3ncc[nH]3)c3ccc(Cc4ccccc4)cc3)nc2n1. The summed E-state index contributed by atoms with van der Waals surface area (Å²) >= 11 is 1.67. The molecule has 1 atom stereocenters. The summed E-state index contributed by atoms with van der Waals surface area (Å²) in [5.41, 5.74) is 6.87. The largest absolute Gasteiger partial charge is 0.340 e. The van der Waals surface area contributed by atoms with Gasteiger partial charge in [-0.25, -0.2) is 15.0 Å². The molecule has 3 heterocycles. The van der Waals surface area contributed by atoms with E-state index in [2.05, 4.69) is 93.1 Å². The summed E-state index contributed by atoms with van der Waals surface area (Å²) in [7, 11) is 0. The predicted octanol–water partition coefficient (Wildman–Crippen LogP) is 5.54. The van der Waals surface area contributed by atoms with Crippen molar-refractivity contribution in [3.8, 4) is 0 Å². The Kier molecular flexibility index (Phi) is 5.30. The molecule has 154 valence electrons. The van der Waals surface area contributed by atoms with Crippen LogP contribution in [0.25, 0.3) is 5.78 Å². The Bertz CT molecular complexity index is 1290. The number of nitrogens with one attached hydrogen (secondary N) is 1. The molecule has 2 aromatic carbocycles. The second-order valence-corrected chi connectivity index (χ2v) is 8.76. The summed E-state index contributed by atoms with van der Waals surface area (Å²) in [4.78, 5) is 17.1. The van der Waals surface area contributed by atoms with E-state index >= 15 is 0 Å². The predicted molar refractivity (Wildman–Crippen MR) is 124 cm³/mol. The Balaban J connectivity index is 1.50. The lowest BCUT2D eigenvalue weighted by Gasteiger charge is -2.14. The molecule has 0 bridgehead atoms. The summed E-state index contributed by atoms with van der Waals surface area (Å²) in [6, 6.07) is 21.4. The average Bonchev–Trinajstić information content (AvgIpc) is 3.43. The highest BCUT2D eigenvalue weighted by atomic mass is 32.2. The lowest BCUT2D eigenvalue weighted by molar-refractivity contribution is 1.01. The van der Waals surface area contributed by atoms with Crippen LogP contribution in [0.1, 0.15) is 39.0 Å². The van der Waals surface area contributed by atoms with Crippen LogP contribution in [0.3, 0.4) is 0 Å². The molecule has 6 heteroatoms. The topological polar surface area (TPSA) is 58.9 Å². The van der Waals surface area contributed by atoms with Crippen LogP contribution in [0.2, 0.25) is 0 Å². The van der Waals surface area contributed by atoms with Gasteiger partial charge < -0.3 is 4.98 Å². The minimum atomic E-state index is 0.0123. The third-order valence-corrected chi connectivity index (χ3v) is 6.48. The van der Waals surface area contributed by atoms with E-state index in [1.54, 1.807) is 18.0 Å². The van der Waals surface area contributed by atoms with Gasteiger partial charge in [0.15, 0.2) is 5.16 Å². The molecule has 0 spiro atoms. The molecule has 1 unspecified atom stereocenters. The fourth-order valence-electron chi connectivity index (χ4n) is 3.78. The van der Waals surface area contributed by atoms with Gasteiger partial charge in [-0.05, 0) is 43.0 Å².